The molecule has 0 radical (unpaired) electrons. The molecule has 0 amide bonds. The molecule has 4 heteroatoms. The number of halogens is 1. The number of rotatable bonds is 5. The van der Waals surface area contributed by atoms with Crippen LogP contribution in [0.1, 0.15) is 32.8 Å². The summed E-state index contributed by atoms with van der Waals surface area (Å²) in [4.78, 5) is 6.60. The van der Waals surface area contributed by atoms with Crippen molar-refractivity contribution in [3.63, 3.8) is 0 Å². The Balaban J connectivity index is 3.03. The zero-order valence-electron chi connectivity index (χ0n) is 11.3. The maximum absolute atomic E-state index is 6.11. The molecule has 1 heterocycles. The third kappa shape index (κ3) is 3.33. The van der Waals surface area contributed by atoms with Crippen LogP contribution >= 0.6 is 11.6 Å². The van der Waals surface area contributed by atoms with Gasteiger partial charge in [0.05, 0.1) is 5.02 Å². The molecule has 1 rings (SSSR count). The second-order valence-corrected chi connectivity index (χ2v) is 5.30. The maximum Gasteiger partial charge on any atom is 0.129 e. The van der Waals surface area contributed by atoms with Crippen molar-refractivity contribution in [3.05, 3.63) is 22.8 Å². The Bertz CT molecular complexity index is 377. The van der Waals surface area contributed by atoms with E-state index in [1.165, 1.54) is 0 Å². The van der Waals surface area contributed by atoms with E-state index in [2.05, 4.69) is 49.1 Å². The van der Waals surface area contributed by atoms with Crippen molar-refractivity contribution in [2.24, 2.45) is 0 Å². The molecule has 0 atom stereocenters. The molecule has 3 nitrogen and oxygen atoms in total. The van der Waals surface area contributed by atoms with Crippen LogP contribution in [-0.4, -0.2) is 24.6 Å². The summed E-state index contributed by atoms with van der Waals surface area (Å²) in [6, 6.07) is 2.05. The first-order chi connectivity index (χ1) is 7.92. The molecule has 0 aliphatic heterocycles. The first kappa shape index (κ1) is 14.3. The van der Waals surface area contributed by atoms with Crippen LogP contribution in [0.4, 0.5) is 5.82 Å². The fourth-order valence-electron chi connectivity index (χ4n) is 1.52. The van der Waals surface area contributed by atoms with E-state index in [9.17, 15) is 0 Å². The van der Waals surface area contributed by atoms with E-state index in [1.54, 1.807) is 6.20 Å². The highest BCUT2D eigenvalue weighted by Gasteiger charge is 2.22. The third-order valence-electron chi connectivity index (χ3n) is 3.40. The average molecular weight is 256 g/mol. The van der Waals surface area contributed by atoms with E-state index in [0.717, 1.165) is 24.3 Å². The molecule has 0 bridgehead atoms. The molecule has 1 aromatic rings. The molecule has 0 fully saturated rings. The Hall–Kier alpha value is -0.800. The maximum atomic E-state index is 6.11. The number of aromatic nitrogens is 1. The van der Waals surface area contributed by atoms with Crippen LogP contribution in [0, 0.1) is 0 Å². The topological polar surface area (TPSA) is 28.2 Å². The summed E-state index contributed by atoms with van der Waals surface area (Å²) in [5.41, 5.74) is 1.18. The summed E-state index contributed by atoms with van der Waals surface area (Å²) in [6.07, 6.45) is 2.79. The molecule has 0 aliphatic rings. The Kier molecular flexibility index (Phi) is 4.78. The number of hydrogen-bond donors (Lipinski definition) is 1. The van der Waals surface area contributed by atoms with Crippen molar-refractivity contribution in [3.8, 4) is 0 Å². The first-order valence-corrected chi connectivity index (χ1v) is 6.33. The fourth-order valence-corrected chi connectivity index (χ4v) is 1.69. The summed E-state index contributed by atoms with van der Waals surface area (Å²) >= 11 is 6.11. The minimum Gasteiger partial charge on any atom is -0.355 e. The number of nitrogens with one attached hydrogen (secondary N) is 1. The van der Waals surface area contributed by atoms with Crippen LogP contribution in [0.5, 0.6) is 0 Å². The molecular formula is C13H22ClN3. The molecule has 0 aromatic carbocycles. The van der Waals surface area contributed by atoms with Gasteiger partial charge in [0.1, 0.15) is 5.82 Å². The minimum atomic E-state index is 0.0950. The minimum absolute atomic E-state index is 0.0950. The van der Waals surface area contributed by atoms with Crippen LogP contribution in [0.25, 0.3) is 0 Å². The van der Waals surface area contributed by atoms with Crippen molar-refractivity contribution < 1.29 is 0 Å². The number of pyridine rings is 1. The van der Waals surface area contributed by atoms with Gasteiger partial charge in [0.15, 0.2) is 0 Å². The van der Waals surface area contributed by atoms with Crippen molar-refractivity contribution in [1.82, 2.24) is 10.3 Å². The van der Waals surface area contributed by atoms with Gasteiger partial charge in [-0.15, -0.1) is 0 Å². The van der Waals surface area contributed by atoms with Gasteiger partial charge in [-0.05, 0) is 38.9 Å². The smallest absolute Gasteiger partial charge is 0.129 e. The van der Waals surface area contributed by atoms with Gasteiger partial charge in [-0.1, -0.05) is 18.5 Å². The lowest BCUT2D eigenvalue weighted by molar-refractivity contribution is 0.467. The second kappa shape index (κ2) is 5.69. The van der Waals surface area contributed by atoms with Crippen LogP contribution in [-0.2, 0) is 6.54 Å². The van der Waals surface area contributed by atoms with Crippen LogP contribution in [0.3, 0.4) is 0 Å². The monoisotopic (exact) mass is 255 g/mol. The summed E-state index contributed by atoms with van der Waals surface area (Å²) in [6.45, 7) is 7.36. The van der Waals surface area contributed by atoms with Crippen LogP contribution in [0.2, 0.25) is 5.02 Å². The summed E-state index contributed by atoms with van der Waals surface area (Å²) in [7, 11) is 3.99. The lowest BCUT2D eigenvalue weighted by Gasteiger charge is -2.36. The highest BCUT2D eigenvalue weighted by Crippen LogP contribution is 2.26. The van der Waals surface area contributed by atoms with Crippen molar-refractivity contribution in [2.75, 3.05) is 19.0 Å². The molecular weight excluding hydrogens is 234 g/mol. The van der Waals surface area contributed by atoms with Gasteiger partial charge in [-0.25, -0.2) is 4.98 Å². The van der Waals surface area contributed by atoms with Gasteiger partial charge < -0.3 is 10.2 Å². The lowest BCUT2D eigenvalue weighted by Crippen LogP contribution is -2.41. The molecule has 0 saturated carbocycles. The number of hydrogen-bond acceptors (Lipinski definition) is 3. The highest BCUT2D eigenvalue weighted by molar-refractivity contribution is 6.31. The van der Waals surface area contributed by atoms with Gasteiger partial charge in [0.25, 0.3) is 0 Å². The Morgan fingerprint density at radius 3 is 2.65 bits per heavy atom. The van der Waals surface area contributed by atoms with Gasteiger partial charge in [0.2, 0.25) is 0 Å². The quantitative estimate of drug-likeness (QED) is 0.877. The molecule has 0 saturated heterocycles. The van der Waals surface area contributed by atoms with Crippen LogP contribution < -0.4 is 10.2 Å². The van der Waals surface area contributed by atoms with Crippen molar-refractivity contribution in [1.29, 1.82) is 0 Å². The second-order valence-electron chi connectivity index (χ2n) is 4.89. The molecule has 1 N–H and O–H groups in total. The number of nitrogens with zero attached hydrogens (tertiary/aromatic N) is 2. The molecule has 0 spiro atoms. The van der Waals surface area contributed by atoms with Crippen molar-refractivity contribution in [2.45, 2.75) is 39.3 Å². The largest absolute Gasteiger partial charge is 0.355 e. The van der Waals surface area contributed by atoms with Crippen molar-refractivity contribution >= 4 is 17.4 Å². The van der Waals surface area contributed by atoms with E-state index in [4.69, 9.17) is 11.6 Å². The molecule has 0 unspecified atom stereocenters. The van der Waals surface area contributed by atoms with E-state index in [1.807, 2.05) is 7.05 Å². The zero-order chi connectivity index (χ0) is 13.1. The molecule has 1 aromatic heterocycles. The Labute approximate surface area is 109 Å². The van der Waals surface area contributed by atoms with Gasteiger partial charge >= 0.3 is 0 Å². The molecule has 0 aliphatic carbocycles. The zero-order valence-corrected chi connectivity index (χ0v) is 12.1. The van der Waals surface area contributed by atoms with Gasteiger partial charge in [-0.2, -0.15) is 0 Å². The fraction of sp³-hybridized carbons (Fsp3) is 0.615. The standard InChI is InChI=1S/C13H22ClN3/c1-6-13(2,3)17(5)12-7-10(8-15-4)11(14)9-16-12/h7,9,15H,6,8H2,1-5H3. The van der Waals surface area contributed by atoms with Gasteiger partial charge in [-0.3, -0.25) is 0 Å². The summed E-state index contributed by atoms with van der Waals surface area (Å²) in [5, 5.41) is 3.83. The normalized spacial score (nSPS) is 11.6. The predicted molar refractivity (Wildman–Crippen MR) is 74.8 cm³/mol. The average Bonchev–Trinajstić information content (AvgIpc) is 2.31. The SMILES string of the molecule is CCC(C)(C)N(C)c1cc(CNC)c(Cl)cn1. The molecule has 17 heavy (non-hydrogen) atoms. The number of anilines is 1. The Morgan fingerprint density at radius 1 is 1.47 bits per heavy atom. The molecule has 96 valence electrons. The predicted octanol–water partition coefficient (Wildman–Crippen LogP) is 3.08. The summed E-state index contributed by atoms with van der Waals surface area (Å²) in [5.74, 6) is 0.964. The summed E-state index contributed by atoms with van der Waals surface area (Å²) < 4.78 is 0. The van der Waals surface area contributed by atoms with E-state index < -0.39 is 0 Å². The Morgan fingerprint density at radius 2 is 2.12 bits per heavy atom. The van der Waals surface area contributed by atoms with Gasteiger partial charge in [0, 0.05) is 25.3 Å². The lowest BCUT2D eigenvalue weighted by atomic mass is 10.00. The van der Waals surface area contributed by atoms with E-state index in [-0.39, 0.29) is 5.54 Å². The first-order valence-electron chi connectivity index (χ1n) is 5.95. The van der Waals surface area contributed by atoms with E-state index >= 15 is 0 Å². The highest BCUT2D eigenvalue weighted by atomic mass is 35.5. The third-order valence-corrected chi connectivity index (χ3v) is 3.74. The van der Waals surface area contributed by atoms with Crippen LogP contribution in [0.15, 0.2) is 12.3 Å². The van der Waals surface area contributed by atoms with E-state index in [0.29, 0.717) is 5.02 Å².